The molecule has 2 aliphatic rings. The Labute approximate surface area is 216 Å². The van der Waals surface area contributed by atoms with Crippen molar-refractivity contribution >= 4 is 33.1 Å². The number of hydrogen-bond donors (Lipinski definition) is 1. The zero-order valence-electron chi connectivity index (χ0n) is 20.5. The largest absolute Gasteiger partial charge is 0.490 e. The lowest BCUT2D eigenvalue weighted by Gasteiger charge is -2.28. The molecule has 1 N–H and O–H groups in total. The summed E-state index contributed by atoms with van der Waals surface area (Å²) in [7, 11) is 0.142. The van der Waals surface area contributed by atoms with E-state index in [2.05, 4.69) is 14.5 Å². The van der Waals surface area contributed by atoms with Gasteiger partial charge in [0.05, 0.1) is 17.1 Å². The first-order valence-corrected chi connectivity index (χ1v) is 13.7. The molecular formula is C26H29ClN4O4S. The van der Waals surface area contributed by atoms with Gasteiger partial charge in [0.15, 0.2) is 11.6 Å². The number of aromatic nitrogens is 1. The van der Waals surface area contributed by atoms with E-state index in [9.17, 15) is 8.42 Å². The zero-order valence-corrected chi connectivity index (χ0v) is 22.1. The van der Waals surface area contributed by atoms with E-state index in [1.807, 2.05) is 38.4 Å². The maximum absolute atomic E-state index is 13.3. The average Bonchev–Trinajstić information content (AvgIpc) is 2.84. The molecular weight excluding hydrogens is 500 g/mol. The fourth-order valence-corrected chi connectivity index (χ4v) is 6.00. The van der Waals surface area contributed by atoms with E-state index in [0.717, 1.165) is 54.3 Å². The summed E-state index contributed by atoms with van der Waals surface area (Å²) in [4.78, 5) is 9.15. The van der Waals surface area contributed by atoms with Crippen molar-refractivity contribution in [1.29, 1.82) is 0 Å². The van der Waals surface area contributed by atoms with E-state index in [1.165, 1.54) is 6.07 Å². The Balaban J connectivity index is 1.46. The first-order chi connectivity index (χ1) is 17.2. The van der Waals surface area contributed by atoms with Crippen molar-refractivity contribution in [1.82, 2.24) is 9.88 Å². The van der Waals surface area contributed by atoms with E-state index < -0.39 is 10.0 Å². The topological polar surface area (TPSA) is 84.0 Å². The number of nitrogens with one attached hydrogen (secondary N) is 1. The zero-order chi connectivity index (χ0) is 25.4. The summed E-state index contributed by atoms with van der Waals surface area (Å²) in [5.74, 6) is 1.36. The average molecular weight is 529 g/mol. The molecule has 3 heterocycles. The minimum absolute atomic E-state index is 0.108. The number of sulfonamides is 1. The molecule has 5 rings (SSSR count). The van der Waals surface area contributed by atoms with Crippen molar-refractivity contribution in [3.8, 4) is 11.5 Å². The highest BCUT2D eigenvalue weighted by atomic mass is 35.5. The lowest BCUT2D eigenvalue weighted by Crippen LogP contribution is -2.28. The first-order valence-electron chi connectivity index (χ1n) is 11.8. The fourth-order valence-electron chi connectivity index (χ4n) is 4.49. The minimum Gasteiger partial charge on any atom is -0.490 e. The predicted octanol–water partition coefficient (Wildman–Crippen LogP) is 4.24. The van der Waals surface area contributed by atoms with Crippen LogP contribution in [0.1, 0.15) is 22.4 Å². The van der Waals surface area contributed by atoms with Gasteiger partial charge in [-0.25, -0.2) is 13.4 Å². The van der Waals surface area contributed by atoms with Crippen LogP contribution in [0.15, 0.2) is 47.4 Å². The number of halogens is 1. The predicted molar refractivity (Wildman–Crippen MR) is 141 cm³/mol. The van der Waals surface area contributed by atoms with Crippen LogP contribution in [0.3, 0.4) is 0 Å². The molecule has 2 aliphatic heterocycles. The van der Waals surface area contributed by atoms with Crippen molar-refractivity contribution in [2.75, 3.05) is 43.4 Å². The van der Waals surface area contributed by atoms with Crippen LogP contribution in [0.4, 0.5) is 11.5 Å². The van der Waals surface area contributed by atoms with Gasteiger partial charge in [0, 0.05) is 37.3 Å². The molecule has 190 valence electrons. The van der Waals surface area contributed by atoms with Gasteiger partial charge >= 0.3 is 0 Å². The Bertz CT molecular complexity index is 1410. The van der Waals surface area contributed by atoms with Crippen molar-refractivity contribution in [2.24, 2.45) is 0 Å². The summed E-state index contributed by atoms with van der Waals surface area (Å²) in [5.41, 5.74) is 4.32. The third kappa shape index (κ3) is 4.96. The van der Waals surface area contributed by atoms with Crippen molar-refractivity contribution in [3.63, 3.8) is 0 Å². The van der Waals surface area contributed by atoms with Gasteiger partial charge in [0.1, 0.15) is 19.0 Å². The number of benzene rings is 2. The van der Waals surface area contributed by atoms with Crippen LogP contribution in [0.5, 0.6) is 11.5 Å². The van der Waals surface area contributed by atoms with Gasteiger partial charge in [-0.15, -0.1) is 0 Å². The third-order valence-electron chi connectivity index (χ3n) is 6.58. The van der Waals surface area contributed by atoms with Crippen molar-refractivity contribution < 1.29 is 17.9 Å². The molecule has 2 aromatic carbocycles. The fraction of sp³-hybridized carbons (Fsp3) is 0.346. The van der Waals surface area contributed by atoms with Gasteiger partial charge in [-0.1, -0.05) is 23.7 Å². The third-order valence-corrected chi connectivity index (χ3v) is 8.47. The Kier molecular flexibility index (Phi) is 6.72. The van der Waals surface area contributed by atoms with Gasteiger partial charge in [-0.2, -0.15) is 0 Å². The van der Waals surface area contributed by atoms with Crippen molar-refractivity contribution in [2.45, 2.75) is 31.4 Å². The second-order valence-electron chi connectivity index (χ2n) is 9.26. The highest BCUT2D eigenvalue weighted by Gasteiger charge is 2.24. The summed E-state index contributed by atoms with van der Waals surface area (Å²) in [5, 5.41) is 0.385. The quantitative estimate of drug-likeness (QED) is 0.512. The molecule has 0 bridgehead atoms. The maximum Gasteiger partial charge on any atom is 0.263 e. The molecule has 36 heavy (non-hydrogen) atoms. The highest BCUT2D eigenvalue weighted by molar-refractivity contribution is 7.92. The molecule has 1 aromatic heterocycles. The molecule has 0 radical (unpaired) electrons. The number of anilines is 2. The van der Waals surface area contributed by atoms with Crippen LogP contribution in [0, 0.1) is 6.92 Å². The Morgan fingerprint density at radius 1 is 1.17 bits per heavy atom. The first kappa shape index (κ1) is 24.7. The molecule has 0 amide bonds. The monoisotopic (exact) mass is 528 g/mol. The van der Waals surface area contributed by atoms with Crippen LogP contribution in [0.2, 0.25) is 5.02 Å². The van der Waals surface area contributed by atoms with E-state index in [4.69, 9.17) is 26.1 Å². The van der Waals surface area contributed by atoms with E-state index in [-0.39, 0.29) is 17.3 Å². The number of rotatable bonds is 6. The summed E-state index contributed by atoms with van der Waals surface area (Å²) in [6.07, 6.45) is 0.729. The van der Waals surface area contributed by atoms with Crippen LogP contribution < -0.4 is 19.1 Å². The molecule has 0 unspecified atom stereocenters. The Hall–Kier alpha value is -3.01. The smallest absolute Gasteiger partial charge is 0.263 e. The number of ether oxygens (including phenoxy) is 2. The van der Waals surface area contributed by atoms with Gasteiger partial charge in [0.25, 0.3) is 10.0 Å². The standard InChI is InChI=1S/C26H29ClN4O4S/c1-17-20(27)5-4-6-25(17)36(32,33)29-26-24(14-19-15-30(2)10-9-21(19)28-26)35-16-18-7-8-22-23(13-18)34-12-11-31(22)3/h4-8,13-14H,9-12,15-16H2,1-3H3,(H,28,29). The van der Waals surface area contributed by atoms with Gasteiger partial charge < -0.3 is 19.3 Å². The molecule has 0 aliphatic carbocycles. The molecule has 0 fully saturated rings. The van der Waals surface area contributed by atoms with E-state index in [0.29, 0.717) is 22.9 Å². The minimum atomic E-state index is -3.94. The Morgan fingerprint density at radius 2 is 2.00 bits per heavy atom. The molecule has 0 saturated heterocycles. The van der Waals surface area contributed by atoms with Gasteiger partial charge in [0.2, 0.25) is 0 Å². The van der Waals surface area contributed by atoms with Crippen LogP contribution in [0.25, 0.3) is 0 Å². The van der Waals surface area contributed by atoms with Gasteiger partial charge in [-0.3, -0.25) is 4.72 Å². The number of nitrogens with zero attached hydrogens (tertiary/aromatic N) is 3. The molecule has 3 aromatic rings. The lowest BCUT2D eigenvalue weighted by molar-refractivity contribution is 0.292. The number of likely N-dealkylation sites (N-methyl/N-ethyl adjacent to an activating group) is 2. The Morgan fingerprint density at radius 3 is 2.83 bits per heavy atom. The number of fused-ring (bicyclic) bond motifs is 2. The summed E-state index contributed by atoms with van der Waals surface area (Å²) in [6.45, 7) is 4.96. The summed E-state index contributed by atoms with van der Waals surface area (Å²) in [6, 6.07) is 12.7. The molecule has 0 saturated carbocycles. The summed E-state index contributed by atoms with van der Waals surface area (Å²) >= 11 is 6.19. The molecule has 0 atom stereocenters. The van der Waals surface area contributed by atoms with E-state index >= 15 is 0 Å². The van der Waals surface area contributed by atoms with Crippen LogP contribution in [-0.2, 0) is 29.6 Å². The second kappa shape index (κ2) is 9.80. The lowest BCUT2D eigenvalue weighted by atomic mass is 10.1. The van der Waals surface area contributed by atoms with E-state index in [1.54, 1.807) is 19.1 Å². The van der Waals surface area contributed by atoms with Crippen LogP contribution in [-0.4, -0.2) is 52.1 Å². The summed E-state index contributed by atoms with van der Waals surface area (Å²) < 4.78 is 41.3. The molecule has 10 heteroatoms. The second-order valence-corrected chi connectivity index (χ2v) is 11.3. The normalized spacial score (nSPS) is 15.6. The van der Waals surface area contributed by atoms with Crippen molar-refractivity contribution in [3.05, 3.63) is 69.9 Å². The highest BCUT2D eigenvalue weighted by Crippen LogP contribution is 2.34. The molecule has 0 spiro atoms. The SMILES string of the molecule is Cc1c(Cl)cccc1S(=O)(=O)Nc1nc2c(cc1OCc1ccc3c(c1)OCCN3C)CN(C)CC2. The van der Waals surface area contributed by atoms with Crippen LogP contribution >= 0.6 is 11.6 Å². The number of hydrogen-bond acceptors (Lipinski definition) is 7. The number of pyridine rings is 1. The van der Waals surface area contributed by atoms with Gasteiger partial charge in [-0.05, 0) is 61.0 Å². The maximum atomic E-state index is 13.3. The molecule has 8 nitrogen and oxygen atoms in total.